The standard InChI is InChI=1S/C16H17F3N2/c17-16(18,19)13-7-9-15(10-8-13)21(12-4-11-20)14-5-2-1-3-6-14/h1-3,5-10H,4,11-12,20H2. The first kappa shape index (κ1) is 15.4. The van der Waals surface area contributed by atoms with Crippen LogP contribution in [-0.2, 0) is 6.18 Å². The van der Waals surface area contributed by atoms with Crippen molar-refractivity contribution in [3.05, 3.63) is 60.2 Å². The normalized spacial score (nSPS) is 11.4. The van der Waals surface area contributed by atoms with E-state index in [0.717, 1.165) is 29.9 Å². The van der Waals surface area contributed by atoms with Crippen LogP contribution >= 0.6 is 0 Å². The smallest absolute Gasteiger partial charge is 0.341 e. The van der Waals surface area contributed by atoms with Crippen LogP contribution in [0.2, 0.25) is 0 Å². The van der Waals surface area contributed by atoms with Crippen LogP contribution in [0.1, 0.15) is 12.0 Å². The highest BCUT2D eigenvalue weighted by molar-refractivity contribution is 5.63. The van der Waals surface area contributed by atoms with E-state index >= 15 is 0 Å². The molecule has 0 saturated heterocycles. The first-order chi connectivity index (χ1) is 10.0. The van der Waals surface area contributed by atoms with E-state index < -0.39 is 11.7 Å². The van der Waals surface area contributed by atoms with Gasteiger partial charge in [0.2, 0.25) is 0 Å². The van der Waals surface area contributed by atoms with Crippen molar-refractivity contribution in [1.29, 1.82) is 0 Å². The predicted molar refractivity (Wildman–Crippen MR) is 78.6 cm³/mol. The second kappa shape index (κ2) is 6.63. The third kappa shape index (κ3) is 3.98. The van der Waals surface area contributed by atoms with Gasteiger partial charge in [-0.1, -0.05) is 18.2 Å². The van der Waals surface area contributed by atoms with Crippen molar-refractivity contribution in [1.82, 2.24) is 0 Å². The Balaban J connectivity index is 2.29. The van der Waals surface area contributed by atoms with Crippen molar-refractivity contribution in [2.75, 3.05) is 18.0 Å². The molecular weight excluding hydrogens is 277 g/mol. The second-order valence-corrected chi connectivity index (χ2v) is 4.67. The van der Waals surface area contributed by atoms with Gasteiger partial charge < -0.3 is 10.6 Å². The molecular formula is C16H17F3N2. The van der Waals surface area contributed by atoms with E-state index in [1.54, 1.807) is 0 Å². The predicted octanol–water partition coefficient (Wildman–Crippen LogP) is 4.19. The number of nitrogens with zero attached hydrogens (tertiary/aromatic N) is 1. The summed E-state index contributed by atoms with van der Waals surface area (Å²) < 4.78 is 37.8. The van der Waals surface area contributed by atoms with E-state index in [1.807, 2.05) is 35.2 Å². The average molecular weight is 294 g/mol. The Bertz CT molecular complexity index is 550. The van der Waals surface area contributed by atoms with Gasteiger partial charge in [0.25, 0.3) is 0 Å². The Hall–Kier alpha value is -2.01. The number of benzene rings is 2. The van der Waals surface area contributed by atoms with Crippen LogP contribution in [0.3, 0.4) is 0 Å². The minimum atomic E-state index is -4.31. The minimum Gasteiger partial charge on any atom is -0.341 e. The van der Waals surface area contributed by atoms with Crippen LogP contribution in [0.4, 0.5) is 24.5 Å². The molecule has 21 heavy (non-hydrogen) atoms. The lowest BCUT2D eigenvalue weighted by atomic mass is 10.1. The number of anilines is 2. The summed E-state index contributed by atoms with van der Waals surface area (Å²) in [7, 11) is 0. The highest BCUT2D eigenvalue weighted by Gasteiger charge is 2.30. The van der Waals surface area contributed by atoms with Gasteiger partial charge in [-0.3, -0.25) is 0 Å². The summed E-state index contributed by atoms with van der Waals surface area (Å²) in [5.74, 6) is 0. The lowest BCUT2D eigenvalue weighted by molar-refractivity contribution is -0.137. The number of alkyl halides is 3. The molecule has 0 saturated carbocycles. The van der Waals surface area contributed by atoms with Gasteiger partial charge in [-0.2, -0.15) is 13.2 Å². The molecule has 5 heteroatoms. The zero-order valence-electron chi connectivity index (χ0n) is 11.5. The zero-order valence-corrected chi connectivity index (χ0v) is 11.5. The molecule has 0 aliphatic heterocycles. The van der Waals surface area contributed by atoms with Crippen LogP contribution in [0, 0.1) is 0 Å². The molecule has 0 heterocycles. The molecule has 2 N–H and O–H groups in total. The summed E-state index contributed by atoms with van der Waals surface area (Å²) in [6, 6.07) is 14.7. The van der Waals surface area contributed by atoms with Crippen LogP contribution in [-0.4, -0.2) is 13.1 Å². The molecule has 0 fully saturated rings. The molecule has 2 rings (SSSR count). The number of hydrogen-bond acceptors (Lipinski definition) is 2. The van der Waals surface area contributed by atoms with E-state index in [0.29, 0.717) is 13.1 Å². The van der Waals surface area contributed by atoms with Crippen LogP contribution < -0.4 is 10.6 Å². The Kier molecular flexibility index (Phi) is 4.85. The van der Waals surface area contributed by atoms with Gasteiger partial charge in [0, 0.05) is 17.9 Å². The van der Waals surface area contributed by atoms with Crippen molar-refractivity contribution < 1.29 is 13.2 Å². The summed E-state index contributed by atoms with van der Waals surface area (Å²) in [5.41, 5.74) is 6.56. The molecule has 0 aromatic heterocycles. The maximum Gasteiger partial charge on any atom is 0.416 e. The van der Waals surface area contributed by atoms with Crippen LogP contribution in [0.25, 0.3) is 0 Å². The second-order valence-electron chi connectivity index (χ2n) is 4.67. The fourth-order valence-corrected chi connectivity index (χ4v) is 2.09. The van der Waals surface area contributed by atoms with Gasteiger partial charge in [-0.15, -0.1) is 0 Å². The fraction of sp³-hybridized carbons (Fsp3) is 0.250. The van der Waals surface area contributed by atoms with E-state index in [9.17, 15) is 13.2 Å². The molecule has 0 amide bonds. The third-order valence-electron chi connectivity index (χ3n) is 3.16. The topological polar surface area (TPSA) is 29.3 Å². The van der Waals surface area contributed by atoms with Gasteiger partial charge >= 0.3 is 6.18 Å². The van der Waals surface area contributed by atoms with E-state index in [1.165, 1.54) is 12.1 Å². The number of hydrogen-bond donors (Lipinski definition) is 1. The van der Waals surface area contributed by atoms with Gasteiger partial charge in [-0.05, 0) is 49.4 Å². The summed E-state index contributed by atoms with van der Waals surface area (Å²) in [4.78, 5) is 1.97. The molecule has 2 aromatic carbocycles. The van der Waals surface area contributed by atoms with Gasteiger partial charge in [0.15, 0.2) is 0 Å². The molecule has 0 spiro atoms. The Morgan fingerprint density at radius 3 is 1.95 bits per heavy atom. The lowest BCUT2D eigenvalue weighted by Gasteiger charge is -2.25. The summed E-state index contributed by atoms with van der Waals surface area (Å²) in [5, 5.41) is 0. The Morgan fingerprint density at radius 2 is 1.43 bits per heavy atom. The van der Waals surface area contributed by atoms with Crippen molar-refractivity contribution in [3.8, 4) is 0 Å². The van der Waals surface area contributed by atoms with Crippen molar-refractivity contribution in [3.63, 3.8) is 0 Å². The van der Waals surface area contributed by atoms with Crippen LogP contribution in [0.5, 0.6) is 0 Å². The van der Waals surface area contributed by atoms with Gasteiger partial charge in [0.1, 0.15) is 0 Å². The maximum absolute atomic E-state index is 12.6. The highest BCUT2D eigenvalue weighted by atomic mass is 19.4. The fourth-order valence-electron chi connectivity index (χ4n) is 2.09. The molecule has 0 unspecified atom stereocenters. The van der Waals surface area contributed by atoms with E-state index in [4.69, 9.17) is 5.73 Å². The molecule has 112 valence electrons. The van der Waals surface area contributed by atoms with E-state index in [2.05, 4.69) is 0 Å². The summed E-state index contributed by atoms with van der Waals surface area (Å²) in [6.07, 6.45) is -3.55. The van der Waals surface area contributed by atoms with Crippen LogP contribution in [0.15, 0.2) is 54.6 Å². The molecule has 0 bridgehead atoms. The van der Waals surface area contributed by atoms with Gasteiger partial charge in [-0.25, -0.2) is 0 Å². The first-order valence-corrected chi connectivity index (χ1v) is 6.72. The highest BCUT2D eigenvalue weighted by Crippen LogP contribution is 2.32. The summed E-state index contributed by atoms with van der Waals surface area (Å²) >= 11 is 0. The molecule has 2 nitrogen and oxygen atoms in total. The summed E-state index contributed by atoms with van der Waals surface area (Å²) in [6.45, 7) is 1.19. The Labute approximate surface area is 122 Å². The maximum atomic E-state index is 12.6. The number of rotatable bonds is 5. The molecule has 0 aliphatic carbocycles. The third-order valence-corrected chi connectivity index (χ3v) is 3.16. The van der Waals surface area contributed by atoms with Crippen molar-refractivity contribution >= 4 is 11.4 Å². The molecule has 0 aliphatic rings. The number of para-hydroxylation sites is 1. The molecule has 0 radical (unpaired) electrons. The minimum absolute atomic E-state index is 0.532. The molecule has 0 atom stereocenters. The largest absolute Gasteiger partial charge is 0.416 e. The SMILES string of the molecule is NCCCN(c1ccccc1)c1ccc(C(F)(F)F)cc1. The first-order valence-electron chi connectivity index (χ1n) is 6.72. The van der Waals surface area contributed by atoms with E-state index in [-0.39, 0.29) is 0 Å². The zero-order chi connectivity index (χ0) is 15.3. The van der Waals surface area contributed by atoms with Crippen molar-refractivity contribution in [2.24, 2.45) is 5.73 Å². The number of nitrogens with two attached hydrogens (primary N) is 1. The van der Waals surface area contributed by atoms with Gasteiger partial charge in [0.05, 0.1) is 5.56 Å². The molecule has 2 aromatic rings. The lowest BCUT2D eigenvalue weighted by Crippen LogP contribution is -2.21. The quantitative estimate of drug-likeness (QED) is 0.895. The van der Waals surface area contributed by atoms with Crippen molar-refractivity contribution in [2.45, 2.75) is 12.6 Å². The monoisotopic (exact) mass is 294 g/mol. The number of halogens is 3. The average Bonchev–Trinajstić information content (AvgIpc) is 2.48. The Morgan fingerprint density at radius 1 is 0.857 bits per heavy atom.